The average molecular weight is 279 g/mol. The smallest absolute Gasteiger partial charge is 0.126 e. The summed E-state index contributed by atoms with van der Waals surface area (Å²) in [6.07, 6.45) is 3.96. The molecule has 0 aliphatic carbocycles. The van der Waals surface area contributed by atoms with E-state index >= 15 is 0 Å². The lowest BCUT2D eigenvalue weighted by molar-refractivity contribution is 0.0251. The third-order valence-electron chi connectivity index (χ3n) is 3.39. The Kier molecular flexibility index (Phi) is 6.15. The molecular weight excluding hydrogens is 254 g/mol. The molecule has 2 N–H and O–H groups in total. The van der Waals surface area contributed by atoms with Gasteiger partial charge in [0.1, 0.15) is 17.6 Å². The van der Waals surface area contributed by atoms with Crippen LogP contribution in [0.15, 0.2) is 18.2 Å². The molecule has 0 atom stereocenters. The van der Waals surface area contributed by atoms with Crippen LogP contribution in [-0.2, 0) is 11.2 Å². The van der Waals surface area contributed by atoms with Crippen molar-refractivity contribution in [1.82, 2.24) is 0 Å². The second-order valence-corrected chi connectivity index (χ2v) is 5.09. The monoisotopic (exact) mass is 279 g/mol. The van der Waals surface area contributed by atoms with Crippen molar-refractivity contribution in [2.24, 2.45) is 5.73 Å². The molecule has 2 rings (SSSR count). The molecular formula is C16H25NO3. The molecule has 1 aromatic carbocycles. The average Bonchev–Trinajstić information content (AvgIpc) is 2.49. The lowest BCUT2D eigenvalue weighted by Crippen LogP contribution is -2.26. The Morgan fingerprint density at radius 2 is 2.10 bits per heavy atom. The molecule has 4 heteroatoms. The first-order valence-corrected chi connectivity index (χ1v) is 7.53. The lowest BCUT2D eigenvalue weighted by atomic mass is 10.1. The summed E-state index contributed by atoms with van der Waals surface area (Å²) in [5.41, 5.74) is 6.83. The summed E-state index contributed by atoms with van der Waals surface area (Å²) in [5.74, 6) is 1.78. The van der Waals surface area contributed by atoms with Gasteiger partial charge in [0.2, 0.25) is 0 Å². The van der Waals surface area contributed by atoms with Gasteiger partial charge in [-0.3, -0.25) is 0 Å². The number of nitrogens with two attached hydrogens (primary N) is 1. The molecule has 0 amide bonds. The highest BCUT2D eigenvalue weighted by Gasteiger charge is 2.17. The molecule has 1 fully saturated rings. The van der Waals surface area contributed by atoms with E-state index in [0.29, 0.717) is 6.54 Å². The molecule has 4 nitrogen and oxygen atoms in total. The van der Waals surface area contributed by atoms with Crippen molar-refractivity contribution in [3.05, 3.63) is 23.8 Å². The van der Waals surface area contributed by atoms with Crippen LogP contribution in [0.3, 0.4) is 0 Å². The summed E-state index contributed by atoms with van der Waals surface area (Å²) in [7, 11) is 0. The van der Waals surface area contributed by atoms with E-state index in [4.69, 9.17) is 19.9 Å². The van der Waals surface area contributed by atoms with E-state index in [1.165, 1.54) is 0 Å². The minimum Gasteiger partial charge on any atom is -0.493 e. The van der Waals surface area contributed by atoms with Crippen LogP contribution in [0.2, 0.25) is 0 Å². The van der Waals surface area contributed by atoms with Gasteiger partial charge >= 0.3 is 0 Å². The van der Waals surface area contributed by atoms with Crippen LogP contribution in [0, 0.1) is 0 Å². The first-order chi connectivity index (χ1) is 9.83. The molecule has 0 spiro atoms. The normalized spacial score (nSPS) is 16.1. The summed E-state index contributed by atoms with van der Waals surface area (Å²) in [5, 5.41) is 0. The third-order valence-corrected chi connectivity index (χ3v) is 3.39. The van der Waals surface area contributed by atoms with E-state index in [-0.39, 0.29) is 6.10 Å². The molecule has 0 bridgehead atoms. The highest BCUT2D eigenvalue weighted by Crippen LogP contribution is 2.28. The lowest BCUT2D eigenvalue weighted by Gasteiger charge is -2.25. The quantitative estimate of drug-likeness (QED) is 0.833. The van der Waals surface area contributed by atoms with Gasteiger partial charge in [-0.2, -0.15) is 0 Å². The van der Waals surface area contributed by atoms with Gasteiger partial charge in [-0.15, -0.1) is 0 Å². The van der Waals surface area contributed by atoms with Gasteiger partial charge < -0.3 is 19.9 Å². The number of ether oxygens (including phenoxy) is 3. The predicted octanol–water partition coefficient (Wildman–Crippen LogP) is 2.53. The molecule has 1 heterocycles. The van der Waals surface area contributed by atoms with Crippen molar-refractivity contribution < 1.29 is 14.2 Å². The molecule has 0 radical (unpaired) electrons. The van der Waals surface area contributed by atoms with Gasteiger partial charge in [0.05, 0.1) is 19.8 Å². The number of benzene rings is 1. The van der Waals surface area contributed by atoms with Crippen molar-refractivity contribution in [2.75, 3.05) is 26.4 Å². The SMILES string of the molecule is CCCOc1ccc(CCN)c(OC2CCOCC2)c1. The Balaban J connectivity index is 2.08. The second kappa shape index (κ2) is 8.12. The Labute approximate surface area is 121 Å². The second-order valence-electron chi connectivity index (χ2n) is 5.09. The van der Waals surface area contributed by atoms with Crippen molar-refractivity contribution >= 4 is 0 Å². The Bertz CT molecular complexity index is 403. The summed E-state index contributed by atoms with van der Waals surface area (Å²) in [6, 6.07) is 6.06. The molecule has 1 aliphatic rings. The van der Waals surface area contributed by atoms with Crippen molar-refractivity contribution in [3.8, 4) is 11.5 Å². The van der Waals surface area contributed by atoms with Gasteiger partial charge in [-0.05, 0) is 31.0 Å². The molecule has 1 aromatic rings. The Hall–Kier alpha value is -1.26. The number of rotatable bonds is 7. The van der Waals surface area contributed by atoms with Crippen LogP contribution in [0.25, 0.3) is 0 Å². The van der Waals surface area contributed by atoms with Crippen LogP contribution < -0.4 is 15.2 Å². The highest BCUT2D eigenvalue weighted by molar-refractivity contribution is 5.41. The topological polar surface area (TPSA) is 53.7 Å². The van der Waals surface area contributed by atoms with Gasteiger partial charge in [-0.1, -0.05) is 13.0 Å². The summed E-state index contributed by atoms with van der Waals surface area (Å²) in [4.78, 5) is 0. The van der Waals surface area contributed by atoms with Crippen LogP contribution in [-0.4, -0.2) is 32.5 Å². The minimum absolute atomic E-state index is 0.238. The maximum absolute atomic E-state index is 6.14. The molecule has 0 unspecified atom stereocenters. The van der Waals surface area contributed by atoms with Crippen molar-refractivity contribution in [3.63, 3.8) is 0 Å². The predicted molar refractivity (Wildman–Crippen MR) is 79.5 cm³/mol. The van der Waals surface area contributed by atoms with Gasteiger partial charge in [-0.25, -0.2) is 0 Å². The van der Waals surface area contributed by atoms with Crippen molar-refractivity contribution in [1.29, 1.82) is 0 Å². The van der Waals surface area contributed by atoms with Crippen LogP contribution in [0.5, 0.6) is 11.5 Å². The zero-order valence-corrected chi connectivity index (χ0v) is 12.3. The molecule has 112 valence electrons. The maximum Gasteiger partial charge on any atom is 0.126 e. The standard InChI is InChI=1S/C16H25NO3/c1-2-9-19-15-4-3-13(5-8-17)16(12-15)20-14-6-10-18-11-7-14/h3-4,12,14H,2,5-11,17H2,1H3. The van der Waals surface area contributed by atoms with Crippen LogP contribution >= 0.6 is 0 Å². The maximum atomic E-state index is 6.14. The number of hydrogen-bond donors (Lipinski definition) is 1. The highest BCUT2D eigenvalue weighted by atomic mass is 16.5. The van der Waals surface area contributed by atoms with E-state index in [0.717, 1.165) is 62.6 Å². The van der Waals surface area contributed by atoms with E-state index in [1.807, 2.05) is 12.1 Å². The third kappa shape index (κ3) is 4.39. The Morgan fingerprint density at radius 3 is 2.80 bits per heavy atom. The fourth-order valence-corrected chi connectivity index (χ4v) is 2.29. The van der Waals surface area contributed by atoms with E-state index in [9.17, 15) is 0 Å². The first kappa shape index (κ1) is 15.1. The van der Waals surface area contributed by atoms with E-state index in [1.54, 1.807) is 0 Å². The van der Waals surface area contributed by atoms with Gasteiger partial charge in [0.15, 0.2) is 0 Å². The van der Waals surface area contributed by atoms with Crippen molar-refractivity contribution in [2.45, 2.75) is 38.7 Å². The zero-order valence-electron chi connectivity index (χ0n) is 12.3. The van der Waals surface area contributed by atoms with Crippen LogP contribution in [0.4, 0.5) is 0 Å². The zero-order chi connectivity index (χ0) is 14.2. The Morgan fingerprint density at radius 1 is 1.30 bits per heavy atom. The molecule has 1 saturated heterocycles. The summed E-state index contributed by atoms with van der Waals surface area (Å²) < 4.78 is 17.2. The fraction of sp³-hybridized carbons (Fsp3) is 0.625. The molecule has 0 aromatic heterocycles. The van der Waals surface area contributed by atoms with E-state index < -0.39 is 0 Å². The summed E-state index contributed by atoms with van der Waals surface area (Å²) in [6.45, 7) is 5.01. The van der Waals surface area contributed by atoms with Gasteiger partial charge in [0, 0.05) is 18.9 Å². The number of hydrogen-bond acceptors (Lipinski definition) is 4. The minimum atomic E-state index is 0.238. The van der Waals surface area contributed by atoms with Crippen LogP contribution in [0.1, 0.15) is 31.7 Å². The largest absolute Gasteiger partial charge is 0.493 e. The first-order valence-electron chi connectivity index (χ1n) is 7.53. The molecule has 1 aliphatic heterocycles. The summed E-state index contributed by atoms with van der Waals surface area (Å²) >= 11 is 0. The van der Waals surface area contributed by atoms with Gasteiger partial charge in [0.25, 0.3) is 0 Å². The molecule has 0 saturated carbocycles. The fourth-order valence-electron chi connectivity index (χ4n) is 2.29. The molecule has 20 heavy (non-hydrogen) atoms. The van der Waals surface area contributed by atoms with E-state index in [2.05, 4.69) is 13.0 Å².